The molecule has 0 aromatic heterocycles. The van der Waals surface area contributed by atoms with Crippen molar-refractivity contribution in [3.05, 3.63) is 71.3 Å². The lowest BCUT2D eigenvalue weighted by Gasteiger charge is -2.45. The normalized spacial score (nSPS) is 22.6. The second-order valence-corrected chi connectivity index (χ2v) is 7.28. The first kappa shape index (κ1) is 17.0. The second kappa shape index (κ2) is 7.46. The van der Waals surface area contributed by atoms with Crippen LogP contribution in [0.25, 0.3) is 5.57 Å². The highest BCUT2D eigenvalue weighted by atomic mass is 16.5. The molecule has 2 aromatic rings. The molecule has 3 nitrogen and oxygen atoms in total. The predicted octanol–water partition coefficient (Wildman–Crippen LogP) is 4.72. The van der Waals surface area contributed by atoms with Crippen LogP contribution in [0.2, 0.25) is 0 Å². The maximum absolute atomic E-state index is 11.4. The minimum atomic E-state index is 0.486. The highest BCUT2D eigenvalue weighted by Gasteiger charge is 2.34. The SMILES string of the molecule is COc1ccc(C2=CC3CCCC(C2)N3Cc2ccccc2)cc1C=O. The van der Waals surface area contributed by atoms with Crippen LogP contribution in [0.4, 0.5) is 0 Å². The number of benzene rings is 2. The van der Waals surface area contributed by atoms with Crippen LogP contribution in [-0.2, 0) is 6.54 Å². The second-order valence-electron chi connectivity index (χ2n) is 7.28. The molecule has 2 atom stereocenters. The van der Waals surface area contributed by atoms with Crippen molar-refractivity contribution >= 4 is 11.9 Å². The Bertz CT molecular complexity index is 812. The van der Waals surface area contributed by atoms with E-state index in [1.165, 1.54) is 30.4 Å². The summed E-state index contributed by atoms with van der Waals surface area (Å²) in [7, 11) is 1.60. The van der Waals surface area contributed by atoms with Gasteiger partial charge in [0.15, 0.2) is 6.29 Å². The number of carbonyl (C=O) groups is 1. The molecule has 2 aromatic carbocycles. The molecule has 134 valence electrons. The van der Waals surface area contributed by atoms with Gasteiger partial charge in [-0.15, -0.1) is 0 Å². The summed E-state index contributed by atoms with van der Waals surface area (Å²) in [6, 6.07) is 17.8. The first-order chi connectivity index (χ1) is 12.8. The van der Waals surface area contributed by atoms with Crippen LogP contribution in [-0.4, -0.2) is 30.4 Å². The van der Waals surface area contributed by atoms with Gasteiger partial charge in [-0.3, -0.25) is 9.69 Å². The molecule has 2 aliphatic rings. The molecule has 1 fully saturated rings. The van der Waals surface area contributed by atoms with E-state index in [0.717, 1.165) is 24.8 Å². The molecule has 0 N–H and O–H groups in total. The molecule has 0 radical (unpaired) electrons. The van der Waals surface area contributed by atoms with E-state index < -0.39 is 0 Å². The Hall–Kier alpha value is -2.39. The smallest absolute Gasteiger partial charge is 0.153 e. The highest BCUT2D eigenvalue weighted by Crippen LogP contribution is 2.38. The molecule has 0 saturated carbocycles. The van der Waals surface area contributed by atoms with Gasteiger partial charge in [-0.2, -0.15) is 0 Å². The van der Waals surface area contributed by atoms with E-state index in [0.29, 0.717) is 23.4 Å². The summed E-state index contributed by atoms with van der Waals surface area (Å²) in [5.74, 6) is 0.644. The van der Waals surface area contributed by atoms with Crippen molar-refractivity contribution in [3.8, 4) is 5.75 Å². The number of piperidine rings is 1. The first-order valence-electron chi connectivity index (χ1n) is 9.42. The number of hydrogen-bond donors (Lipinski definition) is 0. The Balaban J connectivity index is 1.61. The van der Waals surface area contributed by atoms with Gasteiger partial charge in [0.25, 0.3) is 0 Å². The van der Waals surface area contributed by atoms with Gasteiger partial charge in [0, 0.05) is 18.6 Å². The van der Waals surface area contributed by atoms with Crippen LogP contribution in [0.5, 0.6) is 5.75 Å². The molecule has 4 rings (SSSR count). The quantitative estimate of drug-likeness (QED) is 0.733. The lowest BCUT2D eigenvalue weighted by molar-refractivity contribution is 0.0951. The molecule has 2 aliphatic heterocycles. The highest BCUT2D eigenvalue weighted by molar-refractivity contribution is 5.82. The van der Waals surface area contributed by atoms with E-state index in [2.05, 4.69) is 47.4 Å². The molecule has 2 unspecified atom stereocenters. The molecule has 2 bridgehead atoms. The van der Waals surface area contributed by atoms with Crippen LogP contribution >= 0.6 is 0 Å². The van der Waals surface area contributed by atoms with E-state index in [1.54, 1.807) is 7.11 Å². The van der Waals surface area contributed by atoms with Crippen LogP contribution in [0, 0.1) is 0 Å². The van der Waals surface area contributed by atoms with Crippen molar-refractivity contribution in [2.24, 2.45) is 0 Å². The van der Waals surface area contributed by atoms with Gasteiger partial charge in [0.1, 0.15) is 5.75 Å². The van der Waals surface area contributed by atoms with Crippen LogP contribution in [0.3, 0.4) is 0 Å². The summed E-state index contributed by atoms with van der Waals surface area (Å²) >= 11 is 0. The Morgan fingerprint density at radius 3 is 2.73 bits per heavy atom. The molecule has 2 heterocycles. The fourth-order valence-electron chi connectivity index (χ4n) is 4.40. The van der Waals surface area contributed by atoms with Crippen molar-refractivity contribution in [2.75, 3.05) is 7.11 Å². The number of aldehydes is 1. The average molecular weight is 347 g/mol. The molecular formula is C23H25NO2. The molecule has 3 heteroatoms. The number of rotatable bonds is 5. The molecular weight excluding hydrogens is 322 g/mol. The Morgan fingerprint density at radius 1 is 1.15 bits per heavy atom. The fraction of sp³-hybridized carbons (Fsp3) is 0.348. The zero-order chi connectivity index (χ0) is 17.9. The molecule has 0 aliphatic carbocycles. The summed E-state index contributed by atoms with van der Waals surface area (Å²) < 4.78 is 5.28. The van der Waals surface area contributed by atoms with Crippen molar-refractivity contribution in [3.63, 3.8) is 0 Å². The lowest BCUT2D eigenvalue weighted by atomic mass is 9.82. The largest absolute Gasteiger partial charge is 0.496 e. The topological polar surface area (TPSA) is 29.5 Å². The predicted molar refractivity (Wildman–Crippen MR) is 104 cm³/mol. The fourth-order valence-corrected chi connectivity index (χ4v) is 4.40. The van der Waals surface area contributed by atoms with Crippen molar-refractivity contribution in [1.82, 2.24) is 4.90 Å². The van der Waals surface area contributed by atoms with Crippen LogP contribution in [0.15, 0.2) is 54.6 Å². The summed E-state index contributed by atoms with van der Waals surface area (Å²) in [5, 5.41) is 0. The maximum Gasteiger partial charge on any atom is 0.153 e. The van der Waals surface area contributed by atoms with Crippen LogP contribution in [0.1, 0.15) is 47.2 Å². The monoisotopic (exact) mass is 347 g/mol. The minimum absolute atomic E-state index is 0.486. The summed E-state index contributed by atoms with van der Waals surface area (Å²) in [4.78, 5) is 14.0. The van der Waals surface area contributed by atoms with E-state index in [4.69, 9.17) is 4.74 Å². The molecule has 0 amide bonds. The number of fused-ring (bicyclic) bond motifs is 2. The third-order valence-corrected chi connectivity index (χ3v) is 5.72. The van der Waals surface area contributed by atoms with E-state index in [9.17, 15) is 4.79 Å². The molecule has 26 heavy (non-hydrogen) atoms. The van der Waals surface area contributed by atoms with Gasteiger partial charge in [0.2, 0.25) is 0 Å². The first-order valence-corrected chi connectivity index (χ1v) is 9.42. The zero-order valence-electron chi connectivity index (χ0n) is 15.2. The summed E-state index contributed by atoms with van der Waals surface area (Å²) in [5.41, 5.74) is 4.54. The lowest BCUT2D eigenvalue weighted by Crippen LogP contribution is -2.47. The van der Waals surface area contributed by atoms with Gasteiger partial charge in [0.05, 0.1) is 12.7 Å². The van der Waals surface area contributed by atoms with E-state index >= 15 is 0 Å². The molecule has 0 spiro atoms. The van der Waals surface area contributed by atoms with Gasteiger partial charge in [-0.05, 0) is 48.1 Å². The number of methoxy groups -OCH3 is 1. The van der Waals surface area contributed by atoms with Gasteiger partial charge in [-0.1, -0.05) is 48.9 Å². The standard InChI is InChI=1S/C23H25NO2/c1-26-23-11-10-18(12-20(23)16-25)19-13-21-8-5-9-22(14-19)24(21)15-17-6-3-2-4-7-17/h2-4,6-7,10-13,16,21-22H,5,8-9,14-15H2,1H3. The Kier molecular flexibility index (Phi) is 4.89. The number of carbonyl (C=O) groups excluding carboxylic acids is 1. The maximum atomic E-state index is 11.4. The Morgan fingerprint density at radius 2 is 2.00 bits per heavy atom. The summed E-state index contributed by atoms with van der Waals surface area (Å²) in [6.07, 6.45) is 8.12. The van der Waals surface area contributed by atoms with Crippen LogP contribution < -0.4 is 4.74 Å². The third-order valence-electron chi connectivity index (χ3n) is 5.72. The van der Waals surface area contributed by atoms with E-state index in [-0.39, 0.29) is 0 Å². The van der Waals surface area contributed by atoms with E-state index in [1.807, 2.05) is 12.1 Å². The number of nitrogens with zero attached hydrogens (tertiary/aromatic N) is 1. The third kappa shape index (κ3) is 3.32. The number of ether oxygens (including phenoxy) is 1. The Labute approximate surface area is 155 Å². The zero-order valence-corrected chi connectivity index (χ0v) is 15.2. The van der Waals surface area contributed by atoms with Crippen molar-refractivity contribution in [2.45, 2.75) is 44.3 Å². The van der Waals surface area contributed by atoms with Crippen molar-refractivity contribution < 1.29 is 9.53 Å². The number of hydrogen-bond acceptors (Lipinski definition) is 3. The van der Waals surface area contributed by atoms with Gasteiger partial charge < -0.3 is 4.74 Å². The van der Waals surface area contributed by atoms with Gasteiger partial charge >= 0.3 is 0 Å². The minimum Gasteiger partial charge on any atom is -0.496 e. The molecule has 1 saturated heterocycles. The van der Waals surface area contributed by atoms with Gasteiger partial charge in [-0.25, -0.2) is 0 Å². The average Bonchev–Trinajstić information content (AvgIpc) is 2.68. The summed E-state index contributed by atoms with van der Waals surface area (Å²) in [6.45, 7) is 1.02. The van der Waals surface area contributed by atoms with Crippen molar-refractivity contribution in [1.29, 1.82) is 0 Å².